The molecule has 0 spiro atoms. The van der Waals surface area contributed by atoms with Crippen LogP contribution in [0.2, 0.25) is 0 Å². The van der Waals surface area contributed by atoms with Gasteiger partial charge in [-0.05, 0) is 55.8 Å². The molecule has 0 aliphatic carbocycles. The van der Waals surface area contributed by atoms with Crippen LogP contribution in [0.1, 0.15) is 36.5 Å². The number of rotatable bonds is 8. The lowest BCUT2D eigenvalue weighted by atomic mass is 9.97. The number of carbonyl (C=O) groups is 1. The Hall–Kier alpha value is -2.43. The Morgan fingerprint density at radius 2 is 1.74 bits per heavy atom. The van der Waals surface area contributed by atoms with Crippen molar-refractivity contribution in [3.05, 3.63) is 65.2 Å². The van der Waals surface area contributed by atoms with Crippen LogP contribution >= 0.6 is 0 Å². The first-order chi connectivity index (χ1) is 16.0. The van der Waals surface area contributed by atoms with E-state index in [2.05, 4.69) is 23.2 Å². The van der Waals surface area contributed by atoms with Crippen LogP contribution in [0.4, 0.5) is 13.2 Å². The van der Waals surface area contributed by atoms with Crippen molar-refractivity contribution in [1.29, 1.82) is 0 Å². The number of benzene rings is 2. The zero-order valence-electron chi connectivity index (χ0n) is 19.3. The zero-order valence-corrected chi connectivity index (χ0v) is 20.1. The maximum atomic E-state index is 13.0. The average Bonchev–Trinajstić information content (AvgIpc) is 2.82. The molecule has 6 nitrogen and oxygen atoms in total. The van der Waals surface area contributed by atoms with Crippen LogP contribution in [0.5, 0.6) is 0 Å². The highest BCUT2D eigenvalue weighted by Crippen LogP contribution is 2.32. The fourth-order valence-corrected chi connectivity index (χ4v) is 5.45. The van der Waals surface area contributed by atoms with Gasteiger partial charge in [-0.3, -0.25) is 4.79 Å². The summed E-state index contributed by atoms with van der Waals surface area (Å²) in [5.41, 5.74) is 1.14. The van der Waals surface area contributed by atoms with E-state index in [1.807, 2.05) is 25.2 Å². The molecule has 1 N–H and O–H groups in total. The van der Waals surface area contributed by atoms with Crippen molar-refractivity contribution in [2.45, 2.75) is 43.9 Å². The summed E-state index contributed by atoms with van der Waals surface area (Å²) in [6.07, 6.45) is -4.00. The number of alkyl halides is 3. The third kappa shape index (κ3) is 6.58. The Balaban J connectivity index is 1.55. The Kier molecular flexibility index (Phi) is 8.38. The second-order valence-electron chi connectivity index (χ2n) is 8.57. The number of nitrogens with one attached hydrogen (secondary N) is 1. The van der Waals surface area contributed by atoms with E-state index in [0.717, 1.165) is 46.7 Å². The molecule has 1 saturated heterocycles. The molecule has 34 heavy (non-hydrogen) atoms. The minimum Gasteiger partial charge on any atom is -0.352 e. The molecule has 0 atom stereocenters. The Morgan fingerprint density at radius 1 is 1.09 bits per heavy atom. The van der Waals surface area contributed by atoms with Gasteiger partial charge in [-0.15, -0.1) is 0 Å². The molecule has 2 aromatic carbocycles. The van der Waals surface area contributed by atoms with Crippen molar-refractivity contribution in [2.75, 3.05) is 26.7 Å². The highest BCUT2D eigenvalue weighted by atomic mass is 32.2. The van der Waals surface area contributed by atoms with Gasteiger partial charge >= 0.3 is 6.18 Å². The first kappa shape index (κ1) is 26.2. The van der Waals surface area contributed by atoms with E-state index in [-0.39, 0.29) is 29.8 Å². The summed E-state index contributed by atoms with van der Waals surface area (Å²) in [4.78, 5) is 14.4. The van der Waals surface area contributed by atoms with Gasteiger partial charge in [-0.25, -0.2) is 8.42 Å². The quantitative estimate of drug-likeness (QED) is 0.601. The lowest BCUT2D eigenvalue weighted by Gasteiger charge is -2.30. The third-order valence-electron chi connectivity index (χ3n) is 6.07. The van der Waals surface area contributed by atoms with Gasteiger partial charge in [0.2, 0.25) is 15.9 Å². The average molecular weight is 498 g/mol. The van der Waals surface area contributed by atoms with Crippen LogP contribution in [-0.2, 0) is 34.1 Å². The lowest BCUT2D eigenvalue weighted by Crippen LogP contribution is -2.42. The zero-order chi connectivity index (χ0) is 24.9. The highest BCUT2D eigenvalue weighted by Gasteiger charge is 2.35. The predicted molar refractivity (Wildman–Crippen MR) is 123 cm³/mol. The largest absolute Gasteiger partial charge is 0.416 e. The second-order valence-corrected chi connectivity index (χ2v) is 10.5. The monoisotopic (exact) mass is 497 g/mol. The lowest BCUT2D eigenvalue weighted by molar-refractivity contribution is -0.137. The maximum Gasteiger partial charge on any atom is 0.416 e. The van der Waals surface area contributed by atoms with Gasteiger partial charge in [0.05, 0.1) is 10.5 Å². The number of carbonyl (C=O) groups excluding carboxylic acids is 1. The number of halogens is 3. The standard InChI is InChI=1S/C24H30F3N3O3S/c1-3-29(2)17-19-7-4-6-18(14-19)16-28-23(31)20-10-12-30(13-11-20)34(32,33)22-9-5-8-21(15-22)24(25,26)27/h4-9,14-15,20H,3,10-13,16-17H2,1-2H3,(H,28,31). The minimum atomic E-state index is -4.62. The SMILES string of the molecule is CCN(C)Cc1cccc(CNC(=O)C2CCN(S(=O)(=O)c3cccc(C(F)(F)F)c3)CC2)c1. The molecular formula is C24H30F3N3O3S. The number of amides is 1. The van der Waals surface area contributed by atoms with Gasteiger partial charge in [0.15, 0.2) is 0 Å². The van der Waals surface area contributed by atoms with E-state index in [1.54, 1.807) is 0 Å². The van der Waals surface area contributed by atoms with Crippen LogP contribution in [0.25, 0.3) is 0 Å². The molecule has 0 saturated carbocycles. The van der Waals surface area contributed by atoms with Crippen molar-refractivity contribution >= 4 is 15.9 Å². The van der Waals surface area contributed by atoms with Crippen LogP contribution in [0, 0.1) is 5.92 Å². The molecule has 0 aromatic heterocycles. The Labute approximate surface area is 198 Å². The molecular weight excluding hydrogens is 467 g/mol. The van der Waals surface area contributed by atoms with Gasteiger partial charge in [-0.2, -0.15) is 17.5 Å². The van der Waals surface area contributed by atoms with Crippen molar-refractivity contribution in [2.24, 2.45) is 5.92 Å². The smallest absolute Gasteiger partial charge is 0.352 e. The summed E-state index contributed by atoms with van der Waals surface area (Å²) in [6.45, 7) is 4.37. The first-order valence-electron chi connectivity index (χ1n) is 11.2. The maximum absolute atomic E-state index is 13.0. The van der Waals surface area contributed by atoms with Gasteiger partial charge in [0, 0.05) is 32.1 Å². The number of hydrogen-bond acceptors (Lipinski definition) is 4. The summed E-state index contributed by atoms with van der Waals surface area (Å²) in [5.74, 6) is -0.491. The fraction of sp³-hybridized carbons (Fsp3) is 0.458. The first-order valence-corrected chi connectivity index (χ1v) is 12.7. The molecule has 10 heteroatoms. The van der Waals surface area contributed by atoms with Crippen LogP contribution in [0.15, 0.2) is 53.4 Å². The molecule has 186 valence electrons. The number of nitrogens with zero attached hydrogens (tertiary/aromatic N) is 2. The normalized spacial score (nSPS) is 16.1. The summed E-state index contributed by atoms with van der Waals surface area (Å²) >= 11 is 0. The van der Waals surface area contributed by atoms with Crippen molar-refractivity contribution in [3.8, 4) is 0 Å². The number of hydrogen-bond donors (Lipinski definition) is 1. The summed E-state index contributed by atoms with van der Waals surface area (Å²) in [7, 11) is -2.03. The van der Waals surface area contributed by atoms with Gasteiger partial charge in [0.1, 0.15) is 0 Å². The number of piperidine rings is 1. The molecule has 2 aromatic rings. The van der Waals surface area contributed by atoms with Crippen molar-refractivity contribution < 1.29 is 26.4 Å². The third-order valence-corrected chi connectivity index (χ3v) is 7.97. The topological polar surface area (TPSA) is 69.7 Å². The Morgan fingerprint density at radius 3 is 2.38 bits per heavy atom. The molecule has 1 amide bonds. The van der Waals surface area contributed by atoms with Crippen LogP contribution in [0.3, 0.4) is 0 Å². The van der Waals surface area contributed by atoms with E-state index >= 15 is 0 Å². The van der Waals surface area contributed by atoms with Crippen LogP contribution in [-0.4, -0.2) is 50.2 Å². The summed E-state index contributed by atoms with van der Waals surface area (Å²) in [5, 5.41) is 2.93. The Bertz CT molecular complexity index is 1100. The predicted octanol–water partition coefficient (Wildman–Crippen LogP) is 3.87. The summed E-state index contributed by atoms with van der Waals surface area (Å²) in [6, 6.07) is 11.7. The molecule has 0 radical (unpaired) electrons. The molecule has 1 heterocycles. The summed E-state index contributed by atoms with van der Waals surface area (Å²) < 4.78 is 65.7. The van der Waals surface area contributed by atoms with Gasteiger partial charge in [0.25, 0.3) is 0 Å². The molecule has 1 fully saturated rings. The van der Waals surface area contributed by atoms with Crippen LogP contribution < -0.4 is 5.32 Å². The van der Waals surface area contributed by atoms with Crippen molar-refractivity contribution in [1.82, 2.24) is 14.5 Å². The molecule has 0 bridgehead atoms. The van der Waals surface area contributed by atoms with E-state index in [4.69, 9.17) is 0 Å². The van der Waals surface area contributed by atoms with E-state index in [1.165, 1.54) is 0 Å². The molecule has 1 aliphatic heterocycles. The minimum absolute atomic E-state index is 0.0789. The fourth-order valence-electron chi connectivity index (χ4n) is 3.94. The van der Waals surface area contributed by atoms with Crippen molar-refractivity contribution in [3.63, 3.8) is 0 Å². The molecule has 3 rings (SSSR count). The van der Waals surface area contributed by atoms with E-state index in [0.29, 0.717) is 25.5 Å². The highest BCUT2D eigenvalue weighted by molar-refractivity contribution is 7.89. The molecule has 1 aliphatic rings. The van der Waals surface area contributed by atoms with Gasteiger partial charge in [-0.1, -0.05) is 37.3 Å². The second kappa shape index (κ2) is 10.9. The number of sulfonamides is 1. The molecule has 0 unspecified atom stereocenters. The van der Waals surface area contributed by atoms with E-state index in [9.17, 15) is 26.4 Å². The van der Waals surface area contributed by atoms with E-state index < -0.39 is 21.8 Å². The van der Waals surface area contributed by atoms with Gasteiger partial charge < -0.3 is 10.2 Å².